The van der Waals surface area contributed by atoms with Crippen molar-refractivity contribution in [3.05, 3.63) is 41.1 Å². The van der Waals surface area contributed by atoms with Crippen LogP contribution in [-0.4, -0.2) is 28.7 Å². The second-order valence-electron chi connectivity index (χ2n) is 7.16. The SMILES string of the molecule is CCOC(=O)Cn1cc(/C=C(\C#N)C(=O)OC(C)(C)C)c2cccc(C)c21. The van der Waals surface area contributed by atoms with E-state index in [0.717, 1.165) is 16.5 Å². The van der Waals surface area contributed by atoms with Gasteiger partial charge in [-0.2, -0.15) is 5.26 Å². The number of aryl methyl sites for hydroxylation is 1. The molecular weight excluding hydrogens is 344 g/mol. The van der Waals surface area contributed by atoms with E-state index < -0.39 is 11.6 Å². The second kappa shape index (κ2) is 8.09. The molecule has 2 rings (SSSR count). The molecule has 2 aromatic rings. The molecule has 0 saturated heterocycles. The fraction of sp³-hybridized carbons (Fsp3) is 0.381. The van der Waals surface area contributed by atoms with Crippen molar-refractivity contribution in [1.29, 1.82) is 5.26 Å². The molecule has 6 heteroatoms. The highest BCUT2D eigenvalue weighted by Gasteiger charge is 2.21. The van der Waals surface area contributed by atoms with E-state index >= 15 is 0 Å². The van der Waals surface area contributed by atoms with E-state index in [1.54, 1.807) is 38.5 Å². The summed E-state index contributed by atoms with van der Waals surface area (Å²) in [7, 11) is 0. The molecular formula is C21H24N2O4. The van der Waals surface area contributed by atoms with E-state index in [4.69, 9.17) is 9.47 Å². The molecule has 6 nitrogen and oxygen atoms in total. The summed E-state index contributed by atoms with van der Waals surface area (Å²) in [5, 5.41) is 10.2. The molecule has 0 unspecified atom stereocenters. The van der Waals surface area contributed by atoms with E-state index in [2.05, 4.69) is 0 Å². The summed E-state index contributed by atoms with van der Waals surface area (Å²) < 4.78 is 12.1. The fourth-order valence-electron chi connectivity index (χ4n) is 2.79. The number of esters is 2. The van der Waals surface area contributed by atoms with Gasteiger partial charge in [0.1, 0.15) is 23.8 Å². The summed E-state index contributed by atoms with van der Waals surface area (Å²) in [6.07, 6.45) is 3.24. The highest BCUT2D eigenvalue weighted by Crippen LogP contribution is 2.27. The Bertz CT molecular complexity index is 939. The van der Waals surface area contributed by atoms with Crippen LogP contribution in [0.25, 0.3) is 17.0 Å². The summed E-state index contributed by atoms with van der Waals surface area (Å²) in [5.74, 6) is -1.02. The Kier molecular flexibility index (Phi) is 6.06. The summed E-state index contributed by atoms with van der Waals surface area (Å²) in [4.78, 5) is 24.2. The minimum atomic E-state index is -0.693. The van der Waals surface area contributed by atoms with Crippen molar-refractivity contribution < 1.29 is 19.1 Å². The number of ether oxygens (including phenoxy) is 2. The monoisotopic (exact) mass is 368 g/mol. The number of carbonyl (C=O) groups is 2. The first kappa shape index (κ1) is 20.2. The van der Waals surface area contributed by atoms with Crippen LogP contribution in [0, 0.1) is 18.3 Å². The van der Waals surface area contributed by atoms with Crippen LogP contribution in [0.4, 0.5) is 0 Å². The van der Waals surface area contributed by atoms with E-state index in [1.165, 1.54) is 6.08 Å². The van der Waals surface area contributed by atoms with Crippen molar-refractivity contribution in [2.24, 2.45) is 0 Å². The largest absolute Gasteiger partial charge is 0.465 e. The molecule has 0 aliphatic carbocycles. The van der Waals surface area contributed by atoms with E-state index in [-0.39, 0.29) is 18.1 Å². The molecule has 0 amide bonds. The maximum atomic E-state index is 12.3. The Morgan fingerprint density at radius 3 is 2.59 bits per heavy atom. The quantitative estimate of drug-likeness (QED) is 0.456. The van der Waals surface area contributed by atoms with Crippen LogP contribution in [0.3, 0.4) is 0 Å². The van der Waals surface area contributed by atoms with Gasteiger partial charge in [-0.15, -0.1) is 0 Å². The number of hydrogen-bond donors (Lipinski definition) is 0. The highest BCUT2D eigenvalue weighted by atomic mass is 16.6. The molecule has 0 aliphatic rings. The van der Waals surface area contributed by atoms with Crippen molar-refractivity contribution in [2.45, 2.75) is 46.8 Å². The summed E-state index contributed by atoms with van der Waals surface area (Å²) >= 11 is 0. The molecule has 1 aromatic carbocycles. The lowest BCUT2D eigenvalue weighted by Gasteiger charge is -2.18. The third kappa shape index (κ3) is 4.98. The van der Waals surface area contributed by atoms with Gasteiger partial charge in [0, 0.05) is 17.1 Å². The van der Waals surface area contributed by atoms with Gasteiger partial charge in [0.05, 0.1) is 12.1 Å². The predicted molar refractivity (Wildman–Crippen MR) is 103 cm³/mol. The van der Waals surface area contributed by atoms with Gasteiger partial charge < -0.3 is 14.0 Å². The van der Waals surface area contributed by atoms with Gasteiger partial charge in [-0.25, -0.2) is 4.79 Å². The van der Waals surface area contributed by atoms with Crippen LogP contribution >= 0.6 is 0 Å². The number of para-hydroxylation sites is 1. The van der Waals surface area contributed by atoms with Crippen molar-refractivity contribution in [2.75, 3.05) is 6.61 Å². The van der Waals surface area contributed by atoms with Crippen LogP contribution in [0.15, 0.2) is 30.0 Å². The number of nitrogens with zero attached hydrogens (tertiary/aromatic N) is 2. The maximum absolute atomic E-state index is 12.3. The summed E-state index contributed by atoms with van der Waals surface area (Å²) in [5.41, 5.74) is 1.72. The molecule has 1 aromatic heterocycles. The van der Waals surface area contributed by atoms with Crippen LogP contribution < -0.4 is 0 Å². The lowest BCUT2D eigenvalue weighted by molar-refractivity contribution is -0.149. The van der Waals surface area contributed by atoms with Crippen molar-refractivity contribution in [3.63, 3.8) is 0 Å². The number of carbonyl (C=O) groups excluding carboxylic acids is 2. The van der Waals surface area contributed by atoms with E-state index in [0.29, 0.717) is 12.2 Å². The topological polar surface area (TPSA) is 81.3 Å². The first-order chi connectivity index (χ1) is 12.7. The van der Waals surface area contributed by atoms with E-state index in [1.807, 2.05) is 31.2 Å². The number of benzene rings is 1. The van der Waals surface area contributed by atoms with Gasteiger partial charge in [-0.05, 0) is 46.3 Å². The van der Waals surface area contributed by atoms with Gasteiger partial charge in [0.25, 0.3) is 0 Å². The first-order valence-corrected chi connectivity index (χ1v) is 8.75. The average molecular weight is 368 g/mol. The Hall–Kier alpha value is -3.07. The third-order valence-corrected chi connectivity index (χ3v) is 3.77. The standard InChI is InChI=1S/C21H24N2O4/c1-6-26-18(24)13-23-12-16(17-9-7-8-14(2)19(17)23)10-15(11-22)20(25)27-21(3,4)5/h7-10,12H,6,13H2,1-5H3/b15-10+. The number of fused-ring (bicyclic) bond motifs is 1. The molecule has 0 aliphatic heterocycles. The van der Waals surface area contributed by atoms with E-state index in [9.17, 15) is 14.9 Å². The van der Waals surface area contributed by atoms with Gasteiger partial charge in [0.2, 0.25) is 0 Å². The van der Waals surface area contributed by atoms with Crippen molar-refractivity contribution >= 4 is 28.9 Å². The van der Waals surface area contributed by atoms with Crippen molar-refractivity contribution in [3.8, 4) is 6.07 Å². The van der Waals surface area contributed by atoms with Gasteiger partial charge in [-0.3, -0.25) is 4.79 Å². The highest BCUT2D eigenvalue weighted by molar-refractivity contribution is 6.02. The minimum absolute atomic E-state index is 0.0529. The first-order valence-electron chi connectivity index (χ1n) is 8.75. The molecule has 0 atom stereocenters. The molecule has 0 radical (unpaired) electrons. The Morgan fingerprint density at radius 2 is 2.00 bits per heavy atom. The molecule has 0 spiro atoms. The third-order valence-electron chi connectivity index (χ3n) is 3.77. The van der Waals surface area contributed by atoms with Crippen LogP contribution in [-0.2, 0) is 25.6 Å². The van der Waals surface area contributed by atoms with Crippen LogP contribution in [0.2, 0.25) is 0 Å². The number of hydrogen-bond acceptors (Lipinski definition) is 5. The van der Waals surface area contributed by atoms with Crippen molar-refractivity contribution in [1.82, 2.24) is 4.57 Å². The second-order valence-corrected chi connectivity index (χ2v) is 7.16. The molecule has 0 fully saturated rings. The smallest absolute Gasteiger partial charge is 0.349 e. The zero-order chi connectivity index (χ0) is 20.2. The maximum Gasteiger partial charge on any atom is 0.349 e. The lowest BCUT2D eigenvalue weighted by atomic mass is 10.1. The van der Waals surface area contributed by atoms with Crippen LogP contribution in [0.5, 0.6) is 0 Å². The fourth-order valence-corrected chi connectivity index (χ4v) is 2.79. The summed E-state index contributed by atoms with van der Waals surface area (Å²) in [6.45, 7) is 9.29. The zero-order valence-electron chi connectivity index (χ0n) is 16.3. The van der Waals surface area contributed by atoms with Gasteiger partial charge >= 0.3 is 11.9 Å². The van der Waals surface area contributed by atoms with Gasteiger partial charge in [-0.1, -0.05) is 18.2 Å². The molecule has 27 heavy (non-hydrogen) atoms. The zero-order valence-corrected chi connectivity index (χ0v) is 16.3. The molecule has 0 saturated carbocycles. The van der Waals surface area contributed by atoms with Gasteiger partial charge in [0.15, 0.2) is 0 Å². The summed E-state index contributed by atoms with van der Waals surface area (Å²) in [6, 6.07) is 7.63. The normalized spacial score (nSPS) is 11.9. The molecule has 1 heterocycles. The molecule has 0 N–H and O–H groups in total. The predicted octanol–water partition coefficient (Wildman–Crippen LogP) is 3.76. The molecule has 142 valence electrons. The molecule has 0 bridgehead atoms. The lowest BCUT2D eigenvalue weighted by Crippen LogP contribution is -2.24. The Labute approximate surface area is 159 Å². The Balaban J connectivity index is 2.52. The Morgan fingerprint density at radius 1 is 1.30 bits per heavy atom. The number of rotatable bonds is 5. The number of nitriles is 1. The number of aromatic nitrogens is 1. The van der Waals surface area contributed by atoms with Crippen LogP contribution in [0.1, 0.15) is 38.8 Å². The minimum Gasteiger partial charge on any atom is -0.465 e. The average Bonchev–Trinajstić information content (AvgIpc) is 2.89.